The molecular weight excluding hydrogens is 692 g/mol. The topological polar surface area (TPSA) is 187 Å². The van der Waals surface area contributed by atoms with Crippen LogP contribution in [0.3, 0.4) is 0 Å². The van der Waals surface area contributed by atoms with Gasteiger partial charge in [0, 0.05) is 41.5 Å². The van der Waals surface area contributed by atoms with Crippen LogP contribution in [0.25, 0.3) is 0 Å². The number of hydrogen-bond donors (Lipinski definition) is 5. The second-order valence-electron chi connectivity index (χ2n) is 17.6. The molecule has 1 saturated carbocycles. The van der Waals surface area contributed by atoms with Crippen LogP contribution in [0.2, 0.25) is 0 Å². The number of carbonyl (C=O) groups is 3. The number of alkyl carbamates (subject to hydrolysis) is 1. The fraction of sp³-hybridized carbons (Fsp3) is 0.690. The Morgan fingerprint density at radius 3 is 2.41 bits per heavy atom. The molecule has 0 aromatic carbocycles. The summed E-state index contributed by atoms with van der Waals surface area (Å²) in [6, 6.07) is -0.546. The van der Waals surface area contributed by atoms with E-state index in [0.717, 1.165) is 23.1 Å². The highest BCUT2D eigenvalue weighted by atomic mass is 16.7. The third-order valence-corrected chi connectivity index (χ3v) is 13.8. The molecule has 2 saturated heterocycles. The molecule has 2 aliphatic heterocycles. The summed E-state index contributed by atoms with van der Waals surface area (Å²) in [5, 5.41) is 37.2. The summed E-state index contributed by atoms with van der Waals surface area (Å²) < 4.78 is 24.1. The molecule has 1 amide bonds. The van der Waals surface area contributed by atoms with Gasteiger partial charge >= 0.3 is 12.1 Å². The first-order chi connectivity index (χ1) is 25.3. The number of allylic oxidation sites excluding steroid dienone is 3. The lowest BCUT2D eigenvalue weighted by Crippen LogP contribution is -2.66. The second-order valence-corrected chi connectivity index (χ2v) is 17.6. The maximum absolute atomic E-state index is 15.0. The molecule has 0 aromatic heterocycles. The zero-order valence-electron chi connectivity index (χ0n) is 33.1. The predicted octanol–water partition coefficient (Wildman–Crippen LogP) is 4.96. The van der Waals surface area contributed by atoms with Gasteiger partial charge in [-0.25, -0.2) is 9.59 Å². The average molecular weight is 753 g/mol. The number of ketones is 1. The van der Waals surface area contributed by atoms with Crippen molar-refractivity contribution in [1.82, 2.24) is 5.32 Å². The molecule has 0 aromatic rings. The molecule has 0 radical (unpaired) electrons. The number of nitrogens with two attached hydrogens (primary N) is 1. The summed E-state index contributed by atoms with van der Waals surface area (Å²) in [5.74, 6) is -3.73. The van der Waals surface area contributed by atoms with Gasteiger partial charge in [0.05, 0.1) is 38.1 Å². The summed E-state index contributed by atoms with van der Waals surface area (Å²) in [6.07, 6.45) is 8.18. The van der Waals surface area contributed by atoms with E-state index in [1.165, 1.54) is 7.11 Å². The van der Waals surface area contributed by atoms with Gasteiger partial charge < -0.3 is 45.3 Å². The van der Waals surface area contributed by atoms with Crippen LogP contribution in [0, 0.1) is 46.8 Å². The van der Waals surface area contributed by atoms with Crippen LogP contribution in [0.5, 0.6) is 0 Å². The molecule has 6 rings (SSSR count). The van der Waals surface area contributed by atoms with Crippen molar-refractivity contribution in [1.29, 1.82) is 0 Å². The number of hydrogen-bond acceptors (Lipinski definition) is 11. The Morgan fingerprint density at radius 2 is 1.76 bits per heavy atom. The highest BCUT2D eigenvalue weighted by Crippen LogP contribution is 2.60. The standard InChI is InChI=1S/C42H60N2O10/c1-20-10-13-30(53-31-18-40(7,43)35(25(6)52-31)44-39(50)51-9)21(2)15-27-16-26(19-45)24(5)17-42(27)37(48)32(38(49)54-42)36(47)41(8)29(20)12-11-28-33(41)22(3)14-23(4)34(28)46/h10-12,15-16,22-25,27-31,33-35,45-47H,13-14,17-19,43H2,1-9H3,(H,44,50)/b20-10+,21-15-,36-32?/t22-,23-,24+,25+,27-,28-,29+,30?,31+,33-,34-,35-,40-,41-,42?/m1/s1. The van der Waals surface area contributed by atoms with Gasteiger partial charge in [-0.2, -0.15) is 0 Å². The van der Waals surface area contributed by atoms with E-state index in [1.807, 2.05) is 66.7 Å². The van der Waals surface area contributed by atoms with Crippen molar-refractivity contribution in [3.05, 3.63) is 58.4 Å². The quantitative estimate of drug-likeness (QED) is 0.149. The highest BCUT2D eigenvalue weighted by Gasteiger charge is 2.63. The Balaban J connectivity index is 1.49. The minimum atomic E-state index is -1.65. The molecule has 6 N–H and O–H groups in total. The normalized spacial score (nSPS) is 47.1. The molecule has 12 heteroatoms. The van der Waals surface area contributed by atoms with Gasteiger partial charge in [-0.3, -0.25) is 4.79 Å². The molecule has 12 nitrogen and oxygen atoms in total. The molecule has 2 bridgehead atoms. The van der Waals surface area contributed by atoms with Crippen LogP contribution < -0.4 is 11.1 Å². The number of esters is 1. The summed E-state index contributed by atoms with van der Waals surface area (Å²) >= 11 is 0. The van der Waals surface area contributed by atoms with E-state index >= 15 is 0 Å². The van der Waals surface area contributed by atoms with E-state index in [-0.39, 0.29) is 60.4 Å². The minimum Gasteiger partial charge on any atom is -0.511 e. The van der Waals surface area contributed by atoms with Crippen LogP contribution >= 0.6 is 0 Å². The van der Waals surface area contributed by atoms with Crippen molar-refractivity contribution in [3.63, 3.8) is 0 Å². The zero-order valence-corrected chi connectivity index (χ0v) is 33.1. The summed E-state index contributed by atoms with van der Waals surface area (Å²) in [7, 11) is 1.29. The highest BCUT2D eigenvalue weighted by molar-refractivity contribution is 6.26. The number of amides is 1. The SMILES string of the molecule is COC(=O)N[C@@H]1[C@H](C)O[C@@H](OC2C/C=C(\C)[C@@H]3C=C[C@H]4[C@H](O)[C@H](C)C[C@@H](C)[C@H]4[C@]3(C)C(O)=C3C(=O)OC4(C[C@H](C)C(CO)=C[C@H]4/C=C\2C)C3=O)C[C@@]1(C)N. The predicted molar refractivity (Wildman–Crippen MR) is 200 cm³/mol. The van der Waals surface area contributed by atoms with Gasteiger partial charge in [0.15, 0.2) is 11.9 Å². The van der Waals surface area contributed by atoms with E-state index in [4.69, 9.17) is 24.7 Å². The van der Waals surface area contributed by atoms with Crippen molar-refractivity contribution < 1.29 is 48.7 Å². The Labute approximate surface area is 318 Å². The van der Waals surface area contributed by atoms with Crippen molar-refractivity contribution in [2.45, 2.75) is 123 Å². The number of carbonyl (C=O) groups excluding carboxylic acids is 3. The van der Waals surface area contributed by atoms with Crippen LogP contribution in [0.15, 0.2) is 58.4 Å². The van der Waals surface area contributed by atoms with Gasteiger partial charge in [-0.05, 0) is 75.4 Å². The van der Waals surface area contributed by atoms with Gasteiger partial charge in [0.2, 0.25) is 5.78 Å². The number of rotatable bonds is 4. The van der Waals surface area contributed by atoms with Gasteiger partial charge in [-0.15, -0.1) is 0 Å². The van der Waals surface area contributed by atoms with Crippen LogP contribution in [-0.2, 0) is 28.5 Å². The van der Waals surface area contributed by atoms with Gasteiger partial charge in [0.1, 0.15) is 11.3 Å². The van der Waals surface area contributed by atoms with Crippen LogP contribution in [-0.4, -0.2) is 88.7 Å². The molecule has 15 atom stereocenters. The Morgan fingerprint density at radius 1 is 1.06 bits per heavy atom. The molecule has 6 aliphatic rings. The first-order valence-electron chi connectivity index (χ1n) is 19.5. The Kier molecular flexibility index (Phi) is 11.0. The third kappa shape index (κ3) is 6.59. The smallest absolute Gasteiger partial charge is 0.407 e. The van der Waals surface area contributed by atoms with E-state index in [1.54, 1.807) is 0 Å². The largest absolute Gasteiger partial charge is 0.511 e. The first-order valence-corrected chi connectivity index (χ1v) is 19.5. The summed E-state index contributed by atoms with van der Waals surface area (Å²) in [5.41, 5.74) is 5.12. The van der Waals surface area contributed by atoms with Gasteiger partial charge in [0.25, 0.3) is 0 Å². The molecule has 54 heavy (non-hydrogen) atoms. The first kappa shape index (κ1) is 40.4. The fourth-order valence-corrected chi connectivity index (χ4v) is 11.0. The average Bonchev–Trinajstić information content (AvgIpc) is 3.34. The molecular formula is C42H60N2O10. The minimum absolute atomic E-state index is 0.0316. The van der Waals surface area contributed by atoms with Crippen molar-refractivity contribution >= 4 is 17.8 Å². The maximum atomic E-state index is 15.0. The number of fused-ring (bicyclic) bond motifs is 4. The van der Waals surface area contributed by atoms with E-state index < -0.39 is 76.9 Å². The number of methoxy groups -OCH3 is 1. The molecule has 2 heterocycles. The zero-order chi connectivity index (χ0) is 39.7. The lowest BCUT2D eigenvalue weighted by molar-refractivity contribution is -0.224. The molecule has 1 spiro atoms. The number of Topliss-reactive ketones (excluding diaryl/α,β-unsaturated/α-hetero) is 1. The van der Waals surface area contributed by atoms with Crippen LogP contribution in [0.1, 0.15) is 81.1 Å². The number of aliphatic hydroxyl groups excluding tert-OH is 3. The molecule has 3 fully saturated rings. The lowest BCUT2D eigenvalue weighted by atomic mass is 9.49. The maximum Gasteiger partial charge on any atom is 0.407 e. The molecule has 298 valence electrons. The van der Waals surface area contributed by atoms with E-state index in [0.29, 0.717) is 6.42 Å². The fourth-order valence-electron chi connectivity index (χ4n) is 11.0. The number of nitrogens with one attached hydrogen (secondary N) is 1. The molecule has 2 unspecified atom stereocenters. The lowest BCUT2D eigenvalue weighted by Gasteiger charge is -2.55. The van der Waals surface area contributed by atoms with Crippen LogP contribution in [0.4, 0.5) is 4.79 Å². The number of aliphatic hydroxyl groups is 3. The van der Waals surface area contributed by atoms with Crippen molar-refractivity contribution in [2.24, 2.45) is 52.6 Å². The van der Waals surface area contributed by atoms with Crippen molar-refractivity contribution in [3.8, 4) is 0 Å². The Bertz CT molecular complexity index is 1690. The number of ether oxygens (including phenoxy) is 4. The Hall–Kier alpha value is -3.29. The third-order valence-electron chi connectivity index (χ3n) is 13.8. The van der Waals surface area contributed by atoms with Gasteiger partial charge in [-0.1, -0.05) is 63.6 Å². The molecule has 4 aliphatic carbocycles. The second kappa shape index (κ2) is 14.7. The summed E-state index contributed by atoms with van der Waals surface area (Å²) in [6.45, 7) is 15.3. The monoisotopic (exact) mass is 752 g/mol. The van der Waals surface area contributed by atoms with E-state index in [9.17, 15) is 29.7 Å². The van der Waals surface area contributed by atoms with Crippen molar-refractivity contribution in [2.75, 3.05) is 13.7 Å². The summed E-state index contributed by atoms with van der Waals surface area (Å²) in [4.78, 5) is 41.2. The van der Waals surface area contributed by atoms with E-state index in [2.05, 4.69) is 24.4 Å².